The van der Waals surface area contributed by atoms with Crippen LogP contribution in [0.1, 0.15) is 30.9 Å². The average Bonchev–Trinajstić information content (AvgIpc) is 3.19. The van der Waals surface area contributed by atoms with Crippen molar-refractivity contribution in [1.29, 1.82) is 0 Å². The minimum Gasteiger partial charge on any atom is -0.547 e. The van der Waals surface area contributed by atoms with Crippen LogP contribution in [0.25, 0.3) is 11.1 Å². The average molecular weight is 454 g/mol. The molecule has 7 heteroatoms. The summed E-state index contributed by atoms with van der Waals surface area (Å²) < 4.78 is 5.49. The summed E-state index contributed by atoms with van der Waals surface area (Å²) in [5.74, 6) is 2.77. The molecule has 0 unspecified atom stereocenters. The Balaban J connectivity index is 1.44. The number of alkyl carbamates (subject to hydrolysis) is 1. The van der Waals surface area contributed by atoms with E-state index in [-0.39, 0.29) is 18.7 Å². The Morgan fingerprint density at radius 2 is 1.55 bits per heavy atom. The summed E-state index contributed by atoms with van der Waals surface area (Å²) in [4.78, 5) is 24.3. The normalized spacial score (nSPS) is 17.3. The standard InChI is InChI=1S/C24H24NO4PS/c1-15-12-30(31,13-16(15)2)14-22(23(26)27)25-24(28)29-11-21-19-9-5-3-7-17(19)18-8-4-6-10-20(18)21/h3-10,12-13,21-22H,11,14H2,1-2H3,(H,25,28)(H,26,27)/t22-/m0/s1. The van der Waals surface area contributed by atoms with Crippen LogP contribution in [-0.4, -0.2) is 36.0 Å². The Labute approximate surface area is 187 Å². The quantitative estimate of drug-likeness (QED) is 0.460. The van der Waals surface area contributed by atoms with Crippen molar-refractivity contribution in [2.45, 2.75) is 25.8 Å². The van der Waals surface area contributed by atoms with E-state index in [0.29, 0.717) is 0 Å². The number of carbonyl (C=O) groups excluding carboxylic acids is 1. The molecular formula is C24H24NO4PS. The molecule has 31 heavy (non-hydrogen) atoms. The molecule has 0 radical (unpaired) electrons. The highest BCUT2D eigenvalue weighted by Gasteiger charge is 2.34. The number of aliphatic carboxylic acids is 1. The van der Waals surface area contributed by atoms with Crippen molar-refractivity contribution in [2.24, 2.45) is 0 Å². The molecule has 0 bridgehead atoms. The van der Waals surface area contributed by atoms with E-state index in [4.69, 9.17) is 17.0 Å². The van der Waals surface area contributed by atoms with Gasteiger partial charge in [0.1, 0.15) is 6.61 Å². The van der Waals surface area contributed by atoms with Crippen LogP contribution in [-0.2, 0) is 21.8 Å². The second-order valence-electron chi connectivity index (χ2n) is 8.02. The van der Waals surface area contributed by atoms with E-state index in [1.54, 1.807) is 0 Å². The largest absolute Gasteiger partial charge is 0.547 e. The monoisotopic (exact) mass is 453 g/mol. The van der Waals surface area contributed by atoms with Crippen molar-refractivity contribution in [3.8, 4) is 11.1 Å². The molecule has 1 aliphatic heterocycles. The van der Waals surface area contributed by atoms with E-state index in [2.05, 4.69) is 17.4 Å². The molecule has 5 nitrogen and oxygen atoms in total. The number of carboxylic acid groups (broad SMARTS) is 1. The topological polar surface area (TPSA) is 75.6 Å². The number of hydrogen-bond acceptors (Lipinski definition) is 4. The third kappa shape index (κ3) is 4.41. The van der Waals surface area contributed by atoms with Crippen LogP contribution in [0, 0.1) is 0 Å². The Bertz CT molecular complexity index is 1050. The van der Waals surface area contributed by atoms with Crippen LogP contribution in [0.3, 0.4) is 0 Å². The van der Waals surface area contributed by atoms with Gasteiger partial charge in [0.05, 0.1) is 6.16 Å². The Kier molecular flexibility index (Phi) is 5.96. The first kappa shape index (κ1) is 21.7. The first-order valence-electron chi connectivity index (χ1n) is 10.1. The molecule has 1 heterocycles. The molecule has 2 N–H and O–H groups in total. The van der Waals surface area contributed by atoms with Gasteiger partial charge in [-0.05, 0) is 47.2 Å². The summed E-state index contributed by atoms with van der Waals surface area (Å²) in [6.45, 7) is 1.95. The van der Waals surface area contributed by atoms with Crippen LogP contribution >= 0.6 is 6.46 Å². The molecule has 1 aliphatic carbocycles. The Morgan fingerprint density at radius 1 is 1.03 bits per heavy atom. The first-order chi connectivity index (χ1) is 14.8. The van der Waals surface area contributed by atoms with Gasteiger partial charge in [-0.2, -0.15) is 0 Å². The second kappa shape index (κ2) is 8.52. The lowest BCUT2D eigenvalue weighted by atomic mass is 9.98. The molecule has 0 spiro atoms. The van der Waals surface area contributed by atoms with Gasteiger partial charge in [-0.3, -0.25) is 0 Å². The molecule has 2 aliphatic rings. The molecule has 1 atom stereocenters. The van der Waals surface area contributed by atoms with Crippen molar-refractivity contribution in [3.63, 3.8) is 0 Å². The van der Waals surface area contributed by atoms with Gasteiger partial charge in [-0.1, -0.05) is 55.0 Å². The van der Waals surface area contributed by atoms with E-state index in [1.165, 1.54) is 0 Å². The summed E-state index contributed by atoms with van der Waals surface area (Å²) in [6, 6.07) is 15.0. The van der Waals surface area contributed by atoms with Gasteiger partial charge in [-0.25, -0.2) is 9.59 Å². The molecule has 0 saturated heterocycles. The zero-order valence-corrected chi connectivity index (χ0v) is 19.1. The number of ether oxygens (including phenoxy) is 1. The fourth-order valence-corrected chi connectivity index (χ4v) is 8.47. The zero-order chi connectivity index (χ0) is 22.2. The number of hydrogen-bond donors (Lipinski definition) is 2. The minimum atomic E-state index is -2.12. The first-order valence-corrected chi connectivity index (χ1v) is 13.2. The van der Waals surface area contributed by atoms with E-state index in [9.17, 15) is 14.7 Å². The summed E-state index contributed by atoms with van der Waals surface area (Å²) in [5.41, 5.74) is 6.64. The lowest BCUT2D eigenvalue weighted by Gasteiger charge is -2.26. The van der Waals surface area contributed by atoms with Crippen molar-refractivity contribution in [3.05, 3.63) is 82.4 Å². The van der Waals surface area contributed by atoms with E-state index in [0.717, 1.165) is 33.4 Å². The van der Waals surface area contributed by atoms with Gasteiger partial charge in [0.25, 0.3) is 0 Å². The number of carboxylic acids is 1. The summed E-state index contributed by atoms with van der Waals surface area (Å²) in [7, 11) is 0. The van der Waals surface area contributed by atoms with Crippen LogP contribution in [0.2, 0.25) is 0 Å². The maximum atomic E-state index is 12.5. The maximum absolute atomic E-state index is 12.5. The second-order valence-corrected chi connectivity index (χ2v) is 12.7. The fourth-order valence-electron chi connectivity index (χ4n) is 4.26. The predicted molar refractivity (Wildman–Crippen MR) is 126 cm³/mol. The summed E-state index contributed by atoms with van der Waals surface area (Å²) in [5, 5.41) is 12.1. The van der Waals surface area contributed by atoms with Crippen LogP contribution in [0.4, 0.5) is 4.79 Å². The van der Waals surface area contributed by atoms with Gasteiger partial charge in [0, 0.05) is 17.6 Å². The molecule has 160 valence electrons. The smallest absolute Gasteiger partial charge is 0.407 e. The van der Waals surface area contributed by atoms with Gasteiger partial charge in [-0.15, -0.1) is 0 Å². The van der Waals surface area contributed by atoms with Gasteiger partial charge in [0.2, 0.25) is 0 Å². The number of rotatable bonds is 6. The SMILES string of the molecule is CC1=C[P+]([S-])(C[C@H](NC(=O)OCC2c3ccccc3-c3ccccc32)C(=O)O)C=C1C. The van der Waals surface area contributed by atoms with Crippen molar-refractivity contribution < 1.29 is 19.4 Å². The third-order valence-corrected chi connectivity index (χ3v) is 9.51. The minimum absolute atomic E-state index is 0.0785. The Hall–Kier alpha value is -2.56. The van der Waals surface area contributed by atoms with Gasteiger partial charge < -0.3 is 27.4 Å². The molecule has 1 amide bonds. The van der Waals surface area contributed by atoms with Crippen LogP contribution in [0.15, 0.2) is 71.3 Å². The molecular weight excluding hydrogens is 429 g/mol. The molecule has 0 saturated carbocycles. The lowest BCUT2D eigenvalue weighted by molar-refractivity contribution is -0.138. The number of nitrogens with one attached hydrogen (secondary N) is 1. The molecule has 2 aromatic rings. The molecule has 0 fully saturated rings. The van der Waals surface area contributed by atoms with Crippen LogP contribution in [0.5, 0.6) is 0 Å². The molecule has 4 rings (SSSR count). The number of benzene rings is 2. The summed E-state index contributed by atoms with van der Waals surface area (Å²) >= 11 is 5.71. The van der Waals surface area contributed by atoms with E-state index < -0.39 is 24.6 Å². The molecule has 0 aromatic heterocycles. The third-order valence-electron chi connectivity index (χ3n) is 5.85. The van der Waals surface area contributed by atoms with Crippen molar-refractivity contribution >= 4 is 30.8 Å². The van der Waals surface area contributed by atoms with Gasteiger partial charge in [0.15, 0.2) is 6.04 Å². The number of fused-ring (bicyclic) bond motifs is 3. The van der Waals surface area contributed by atoms with E-state index in [1.807, 2.05) is 61.9 Å². The van der Waals surface area contributed by atoms with Crippen LogP contribution < -0.4 is 5.32 Å². The highest BCUT2D eigenvalue weighted by Crippen LogP contribution is 2.65. The lowest BCUT2D eigenvalue weighted by Crippen LogP contribution is -2.44. The number of carbonyl (C=O) groups is 2. The number of allylic oxidation sites excluding steroid dienone is 2. The fraction of sp³-hybridized carbons (Fsp3) is 0.250. The Morgan fingerprint density at radius 3 is 2.06 bits per heavy atom. The predicted octanol–water partition coefficient (Wildman–Crippen LogP) is 5.28. The maximum Gasteiger partial charge on any atom is 0.407 e. The molecule has 2 aromatic carbocycles. The highest BCUT2D eigenvalue weighted by molar-refractivity contribution is 8.45. The van der Waals surface area contributed by atoms with E-state index >= 15 is 0 Å². The van der Waals surface area contributed by atoms with Crippen molar-refractivity contribution in [2.75, 3.05) is 12.8 Å². The number of amides is 1. The zero-order valence-electron chi connectivity index (χ0n) is 17.4. The van der Waals surface area contributed by atoms with Gasteiger partial charge >= 0.3 is 12.1 Å². The highest BCUT2D eigenvalue weighted by atomic mass is 32.7. The van der Waals surface area contributed by atoms with Crippen molar-refractivity contribution in [1.82, 2.24) is 5.32 Å². The summed E-state index contributed by atoms with van der Waals surface area (Å²) in [6.07, 6.45) is -0.548.